The predicted octanol–water partition coefficient (Wildman–Crippen LogP) is 1.82. The van der Waals surface area contributed by atoms with Crippen LogP contribution in [-0.4, -0.2) is 28.4 Å². The van der Waals surface area contributed by atoms with Gasteiger partial charge in [-0.2, -0.15) is 13.2 Å². The van der Waals surface area contributed by atoms with E-state index in [1.807, 2.05) is 0 Å². The van der Waals surface area contributed by atoms with Crippen molar-refractivity contribution in [2.45, 2.75) is 12.6 Å². The van der Waals surface area contributed by atoms with Gasteiger partial charge in [0.1, 0.15) is 12.9 Å². The van der Waals surface area contributed by atoms with Gasteiger partial charge in [-0.05, 0) is 0 Å². The zero-order valence-corrected chi connectivity index (χ0v) is 6.99. The van der Waals surface area contributed by atoms with E-state index in [4.69, 9.17) is 0 Å². The number of alkyl halides is 3. The van der Waals surface area contributed by atoms with Crippen LogP contribution in [0.5, 0.6) is 0 Å². The molecule has 14 heavy (non-hydrogen) atoms. The van der Waals surface area contributed by atoms with Crippen molar-refractivity contribution in [2.24, 2.45) is 0 Å². The second-order valence-corrected chi connectivity index (χ2v) is 2.45. The molecule has 0 N–H and O–H groups in total. The number of hydrogen-bond acceptors (Lipinski definition) is 3. The van der Waals surface area contributed by atoms with E-state index in [1.165, 1.54) is 12.4 Å². The highest BCUT2D eigenvalue weighted by atomic mass is 19.4. The zero-order chi connectivity index (χ0) is 10.6. The van der Waals surface area contributed by atoms with Crippen molar-refractivity contribution in [1.82, 2.24) is 9.55 Å². The largest absolute Gasteiger partial charge is 0.449 e. The second-order valence-electron chi connectivity index (χ2n) is 2.45. The molecule has 1 aromatic rings. The third-order valence-electron chi connectivity index (χ3n) is 1.33. The first-order chi connectivity index (χ1) is 6.49. The van der Waals surface area contributed by atoms with Gasteiger partial charge in [-0.15, -0.1) is 0 Å². The van der Waals surface area contributed by atoms with Gasteiger partial charge in [-0.25, -0.2) is 14.3 Å². The van der Waals surface area contributed by atoms with E-state index < -0.39 is 25.3 Å². The third-order valence-corrected chi connectivity index (χ3v) is 1.33. The van der Waals surface area contributed by atoms with Crippen LogP contribution >= 0.6 is 0 Å². The number of nitrogens with zero attached hydrogens (tertiary/aromatic N) is 2. The average molecular weight is 208 g/mol. The highest BCUT2D eigenvalue weighted by molar-refractivity contribution is 5.69. The maximum Gasteiger partial charge on any atom is 0.419 e. The maximum absolute atomic E-state index is 11.6. The van der Waals surface area contributed by atoms with Crippen LogP contribution in [0, 0.1) is 0 Å². The molecule has 0 fully saturated rings. The first-order valence-corrected chi connectivity index (χ1v) is 3.71. The second kappa shape index (κ2) is 4.12. The summed E-state index contributed by atoms with van der Waals surface area (Å²) in [5, 5.41) is 0. The first-order valence-electron chi connectivity index (χ1n) is 3.71. The van der Waals surface area contributed by atoms with Crippen molar-refractivity contribution < 1.29 is 22.7 Å². The van der Waals surface area contributed by atoms with Gasteiger partial charge in [0.05, 0.1) is 6.42 Å². The minimum Gasteiger partial charge on any atom is -0.449 e. The van der Waals surface area contributed by atoms with E-state index in [0.29, 0.717) is 0 Å². The Bertz CT molecular complexity index is 294. The number of rotatable bonds is 2. The normalized spacial score (nSPS) is 11.4. The van der Waals surface area contributed by atoms with Crippen molar-refractivity contribution in [1.29, 1.82) is 0 Å². The molecule has 0 radical (unpaired) electrons. The number of halogens is 3. The van der Waals surface area contributed by atoms with Crippen LogP contribution in [-0.2, 0) is 4.74 Å². The first kappa shape index (κ1) is 10.6. The molecule has 0 aliphatic heterocycles. The Morgan fingerprint density at radius 3 is 2.71 bits per heavy atom. The average Bonchev–Trinajstić information content (AvgIpc) is 2.53. The van der Waals surface area contributed by atoms with Gasteiger partial charge in [-0.1, -0.05) is 0 Å². The molecule has 0 saturated heterocycles. The number of carbonyl (C=O) groups is 1. The van der Waals surface area contributed by atoms with E-state index in [2.05, 4.69) is 9.72 Å². The Kier molecular flexibility index (Phi) is 3.10. The van der Waals surface area contributed by atoms with Crippen LogP contribution in [0.1, 0.15) is 6.42 Å². The van der Waals surface area contributed by atoms with Crippen molar-refractivity contribution in [3.63, 3.8) is 0 Å². The number of imidazole rings is 1. The molecule has 0 aliphatic rings. The molecule has 0 atom stereocenters. The lowest BCUT2D eigenvalue weighted by molar-refractivity contribution is -0.141. The lowest BCUT2D eigenvalue weighted by Gasteiger charge is -2.06. The number of ether oxygens (including phenoxy) is 1. The lowest BCUT2D eigenvalue weighted by Crippen LogP contribution is -2.17. The van der Waals surface area contributed by atoms with Crippen LogP contribution in [0.3, 0.4) is 0 Å². The Morgan fingerprint density at radius 1 is 1.50 bits per heavy atom. The quantitative estimate of drug-likeness (QED) is 0.744. The molecule has 1 aromatic heterocycles. The molecular weight excluding hydrogens is 201 g/mol. The van der Waals surface area contributed by atoms with Crippen LogP contribution in [0.25, 0.3) is 0 Å². The minimum absolute atomic E-state index is 0.680. The fourth-order valence-corrected chi connectivity index (χ4v) is 0.696. The molecule has 4 nitrogen and oxygen atoms in total. The molecule has 0 aromatic carbocycles. The van der Waals surface area contributed by atoms with Crippen LogP contribution < -0.4 is 0 Å². The smallest absolute Gasteiger partial charge is 0.419 e. The van der Waals surface area contributed by atoms with E-state index in [9.17, 15) is 18.0 Å². The van der Waals surface area contributed by atoms with E-state index >= 15 is 0 Å². The zero-order valence-electron chi connectivity index (χ0n) is 6.99. The summed E-state index contributed by atoms with van der Waals surface area (Å²) < 4.78 is 40.2. The summed E-state index contributed by atoms with van der Waals surface area (Å²) in [6.07, 6.45) is -2.56. The molecule has 0 bridgehead atoms. The standard InChI is InChI=1S/C7H7F3N2O2/c8-7(9,10)1-4-14-6(13)12-3-2-11-5-12/h2-3,5H,1,4H2. The molecular formula is C7H7F3N2O2. The summed E-state index contributed by atoms with van der Waals surface area (Å²) in [5.74, 6) is 0. The summed E-state index contributed by atoms with van der Waals surface area (Å²) in [7, 11) is 0. The maximum atomic E-state index is 11.6. The third kappa shape index (κ3) is 3.46. The summed E-state index contributed by atoms with van der Waals surface area (Å²) in [6, 6.07) is 0. The van der Waals surface area contributed by atoms with Crippen molar-refractivity contribution >= 4 is 6.09 Å². The molecule has 0 amide bonds. The van der Waals surface area contributed by atoms with Gasteiger partial charge in [0.15, 0.2) is 0 Å². The molecule has 0 unspecified atom stereocenters. The van der Waals surface area contributed by atoms with Crippen molar-refractivity contribution in [2.75, 3.05) is 6.61 Å². The molecule has 1 rings (SSSR count). The Hall–Kier alpha value is -1.53. The summed E-state index contributed by atoms with van der Waals surface area (Å²) in [5.41, 5.74) is 0. The molecule has 78 valence electrons. The van der Waals surface area contributed by atoms with Crippen LogP contribution in [0.15, 0.2) is 18.7 Å². The summed E-state index contributed by atoms with van der Waals surface area (Å²) in [6.45, 7) is -0.680. The molecule has 0 spiro atoms. The highest BCUT2D eigenvalue weighted by Gasteiger charge is 2.27. The lowest BCUT2D eigenvalue weighted by atomic mass is 10.4. The molecule has 0 aliphatic carbocycles. The van der Waals surface area contributed by atoms with E-state index in [-0.39, 0.29) is 0 Å². The molecule has 7 heteroatoms. The Morgan fingerprint density at radius 2 is 2.21 bits per heavy atom. The topological polar surface area (TPSA) is 44.1 Å². The van der Waals surface area contributed by atoms with Gasteiger partial charge in [0, 0.05) is 12.4 Å². The molecule has 1 heterocycles. The van der Waals surface area contributed by atoms with Crippen LogP contribution in [0.2, 0.25) is 0 Å². The summed E-state index contributed by atoms with van der Waals surface area (Å²) in [4.78, 5) is 14.5. The van der Waals surface area contributed by atoms with Crippen LogP contribution in [0.4, 0.5) is 18.0 Å². The van der Waals surface area contributed by atoms with Crippen molar-refractivity contribution in [3.05, 3.63) is 18.7 Å². The molecule has 0 saturated carbocycles. The van der Waals surface area contributed by atoms with Gasteiger partial charge >= 0.3 is 12.3 Å². The Labute approximate surface area is 77.3 Å². The fourth-order valence-electron chi connectivity index (χ4n) is 0.696. The highest BCUT2D eigenvalue weighted by Crippen LogP contribution is 2.18. The van der Waals surface area contributed by atoms with E-state index in [1.54, 1.807) is 0 Å². The Balaban J connectivity index is 2.30. The van der Waals surface area contributed by atoms with Gasteiger partial charge < -0.3 is 4.74 Å². The van der Waals surface area contributed by atoms with Gasteiger partial charge in [0.25, 0.3) is 0 Å². The number of aromatic nitrogens is 2. The number of carbonyl (C=O) groups excluding carboxylic acids is 1. The summed E-state index contributed by atoms with van der Waals surface area (Å²) >= 11 is 0. The predicted molar refractivity (Wildman–Crippen MR) is 39.6 cm³/mol. The van der Waals surface area contributed by atoms with E-state index in [0.717, 1.165) is 10.9 Å². The van der Waals surface area contributed by atoms with Crippen molar-refractivity contribution in [3.8, 4) is 0 Å². The number of hydrogen-bond donors (Lipinski definition) is 0. The minimum atomic E-state index is -4.31. The fraction of sp³-hybridized carbons (Fsp3) is 0.429. The monoisotopic (exact) mass is 208 g/mol. The SMILES string of the molecule is O=C(OCCC(F)(F)F)n1ccnc1. The van der Waals surface area contributed by atoms with Gasteiger partial charge in [0.2, 0.25) is 0 Å². The van der Waals surface area contributed by atoms with Gasteiger partial charge in [-0.3, -0.25) is 0 Å².